The van der Waals surface area contributed by atoms with Gasteiger partial charge in [0, 0.05) is 26.2 Å². The summed E-state index contributed by atoms with van der Waals surface area (Å²) in [6, 6.07) is 0. The van der Waals surface area contributed by atoms with Crippen molar-refractivity contribution in [1.82, 2.24) is 0 Å². The van der Waals surface area contributed by atoms with Crippen LogP contribution in [0.1, 0.15) is 0 Å². The standard InChI is InChI=1S/2C2H8N2.4ClH.Pt/c2*3-1-2-4;;;;;/h2*1-4H2;4*1H;/q;;;;;;+4/p-4. The van der Waals surface area contributed by atoms with Crippen LogP contribution in [0.15, 0.2) is 0 Å². The third-order valence-corrected chi connectivity index (χ3v) is 0.333. The molecule has 4 nitrogen and oxygen atoms in total. The number of hydrogen-bond donors (Lipinski definition) is 4. The van der Waals surface area contributed by atoms with E-state index in [2.05, 4.69) is 0 Å². The first-order valence-electron chi connectivity index (χ1n) is 3.11. The summed E-state index contributed by atoms with van der Waals surface area (Å²) in [5, 5.41) is 0. The second-order valence-electron chi connectivity index (χ2n) is 1.43. The number of hydrogen-bond acceptors (Lipinski definition) is 4. The molecule has 0 saturated heterocycles. The van der Waals surface area contributed by atoms with Crippen LogP contribution in [-0.2, 0) is 11.9 Å². The molecule has 0 rings (SSSR count). The van der Waals surface area contributed by atoms with Crippen LogP contribution in [0, 0.1) is 0 Å². The molecule has 8 N–H and O–H groups in total. The fourth-order valence-electron chi connectivity index (χ4n) is 0. The van der Waals surface area contributed by atoms with Gasteiger partial charge in [-0.2, -0.15) is 0 Å². The molecule has 13 heavy (non-hydrogen) atoms. The molecule has 0 amide bonds. The average Bonchev–Trinajstić information content (AvgIpc) is 2.01. The Bertz CT molecular complexity index is 67.0. The molecular formula is C4H16Cl4N4Pt. The second kappa shape index (κ2) is 16.1. The van der Waals surface area contributed by atoms with Crippen LogP contribution in [0.2, 0.25) is 0 Å². The van der Waals surface area contributed by atoms with E-state index in [-0.39, 0.29) is 0 Å². The predicted molar refractivity (Wildman–Crippen MR) is 59.6 cm³/mol. The van der Waals surface area contributed by atoms with Gasteiger partial charge in [0.15, 0.2) is 0 Å². The molecule has 0 aliphatic heterocycles. The van der Waals surface area contributed by atoms with Crippen molar-refractivity contribution < 1.29 is 11.9 Å². The average molecular weight is 457 g/mol. The van der Waals surface area contributed by atoms with E-state index >= 15 is 0 Å². The third kappa shape index (κ3) is 137. The van der Waals surface area contributed by atoms with Crippen molar-refractivity contribution in [3.05, 3.63) is 0 Å². The molecule has 0 fully saturated rings. The number of halogens is 4. The maximum absolute atomic E-state index is 5.01. The first-order valence-corrected chi connectivity index (χ1v) is 14.4. The fourth-order valence-corrected chi connectivity index (χ4v) is 0. The summed E-state index contributed by atoms with van der Waals surface area (Å²) in [4.78, 5) is 0. The van der Waals surface area contributed by atoms with Crippen LogP contribution in [0.5, 0.6) is 0 Å². The van der Waals surface area contributed by atoms with Gasteiger partial charge in [0.1, 0.15) is 0 Å². The molecule has 90 valence electrons. The van der Waals surface area contributed by atoms with Gasteiger partial charge < -0.3 is 22.9 Å². The van der Waals surface area contributed by atoms with Gasteiger partial charge in [-0.25, -0.2) is 0 Å². The molecule has 0 aromatic rings. The van der Waals surface area contributed by atoms with Crippen molar-refractivity contribution in [2.45, 2.75) is 0 Å². The molecule has 0 unspecified atom stereocenters. The van der Waals surface area contributed by atoms with Gasteiger partial charge in [-0.05, 0) is 0 Å². The van der Waals surface area contributed by atoms with Crippen LogP contribution in [0.25, 0.3) is 0 Å². The quantitative estimate of drug-likeness (QED) is 0.487. The Morgan fingerprint density at radius 1 is 0.615 bits per heavy atom. The monoisotopic (exact) mass is 455 g/mol. The molecule has 0 bridgehead atoms. The Labute approximate surface area is 98.1 Å². The van der Waals surface area contributed by atoms with Crippen molar-refractivity contribution >= 4 is 37.7 Å². The Kier molecular flexibility index (Phi) is 25.0. The Morgan fingerprint density at radius 2 is 0.692 bits per heavy atom. The van der Waals surface area contributed by atoms with Crippen LogP contribution in [0.3, 0.4) is 0 Å². The van der Waals surface area contributed by atoms with E-state index in [4.69, 9.17) is 60.6 Å². The van der Waals surface area contributed by atoms with Crippen molar-refractivity contribution in [3.8, 4) is 0 Å². The zero-order valence-corrected chi connectivity index (χ0v) is 12.3. The van der Waals surface area contributed by atoms with Crippen molar-refractivity contribution in [1.29, 1.82) is 0 Å². The van der Waals surface area contributed by atoms with Gasteiger partial charge in [0.05, 0.1) is 0 Å². The SMILES string of the molecule is NCCN.NCCN.[Cl][Pt]([Cl])([Cl])[Cl]. The predicted octanol–water partition coefficient (Wildman–Crippen LogP) is 0.563. The molecule has 0 spiro atoms. The molecular weight excluding hydrogens is 441 g/mol. The summed E-state index contributed by atoms with van der Waals surface area (Å²) < 4.78 is 0. The zero-order valence-electron chi connectivity index (χ0n) is 6.97. The van der Waals surface area contributed by atoms with Gasteiger partial charge in [-0.1, -0.05) is 0 Å². The first-order chi connectivity index (χ1) is 5.83. The van der Waals surface area contributed by atoms with E-state index in [0.29, 0.717) is 26.2 Å². The van der Waals surface area contributed by atoms with Crippen LogP contribution in [0.4, 0.5) is 0 Å². The molecule has 0 aromatic heterocycles. The summed E-state index contributed by atoms with van der Waals surface area (Å²) in [7, 11) is 20.0. The van der Waals surface area contributed by atoms with E-state index in [0.717, 1.165) is 0 Å². The minimum atomic E-state index is -3.06. The topological polar surface area (TPSA) is 104 Å². The van der Waals surface area contributed by atoms with Crippen molar-refractivity contribution in [2.24, 2.45) is 22.9 Å². The van der Waals surface area contributed by atoms with Gasteiger partial charge in [0.25, 0.3) is 0 Å². The molecule has 9 heteroatoms. The summed E-state index contributed by atoms with van der Waals surface area (Å²) in [6.07, 6.45) is 0. The molecule has 0 radical (unpaired) electrons. The molecule has 0 aliphatic rings. The van der Waals surface area contributed by atoms with Crippen LogP contribution >= 0.6 is 37.7 Å². The summed E-state index contributed by atoms with van der Waals surface area (Å²) in [6.45, 7) is 2.39. The zero-order chi connectivity index (χ0) is 11.3. The number of nitrogens with two attached hydrogens (primary N) is 4. The summed E-state index contributed by atoms with van der Waals surface area (Å²) in [5.74, 6) is 0. The molecule has 0 heterocycles. The Hall–Kier alpha value is 1.69. The Balaban J connectivity index is -0.000000117. The van der Waals surface area contributed by atoms with Gasteiger partial charge in [-0.3, -0.25) is 0 Å². The minimum absolute atomic E-state index is 0.597. The summed E-state index contributed by atoms with van der Waals surface area (Å²) >= 11 is -3.06. The fraction of sp³-hybridized carbons (Fsp3) is 1.00. The second-order valence-corrected chi connectivity index (χ2v) is 21.1. The van der Waals surface area contributed by atoms with Gasteiger partial charge in [-0.15, -0.1) is 0 Å². The third-order valence-electron chi connectivity index (χ3n) is 0.333. The van der Waals surface area contributed by atoms with E-state index in [1.54, 1.807) is 0 Å². The van der Waals surface area contributed by atoms with E-state index < -0.39 is 11.9 Å². The van der Waals surface area contributed by atoms with Crippen molar-refractivity contribution in [2.75, 3.05) is 26.2 Å². The molecule has 0 atom stereocenters. The van der Waals surface area contributed by atoms with Gasteiger partial charge in [0.2, 0.25) is 0 Å². The van der Waals surface area contributed by atoms with E-state index in [1.165, 1.54) is 0 Å². The van der Waals surface area contributed by atoms with E-state index in [1.807, 2.05) is 0 Å². The van der Waals surface area contributed by atoms with Crippen molar-refractivity contribution in [3.63, 3.8) is 0 Å². The van der Waals surface area contributed by atoms with Crippen LogP contribution < -0.4 is 22.9 Å². The first kappa shape index (κ1) is 20.1. The Morgan fingerprint density at radius 3 is 0.692 bits per heavy atom. The van der Waals surface area contributed by atoms with Crippen LogP contribution in [-0.4, -0.2) is 26.2 Å². The van der Waals surface area contributed by atoms with Gasteiger partial charge >= 0.3 is 49.6 Å². The normalized spacial score (nSPS) is 10.5. The van der Waals surface area contributed by atoms with E-state index in [9.17, 15) is 0 Å². The maximum atomic E-state index is 5.01. The summed E-state index contributed by atoms with van der Waals surface area (Å²) in [5.41, 5.74) is 19.6. The molecule has 0 saturated carbocycles. The molecule has 0 aliphatic carbocycles. The number of rotatable bonds is 2. The molecule has 0 aromatic carbocycles.